The molecular weight excluding hydrogens is 390 g/mol. The molecule has 1 aliphatic heterocycles. The van der Waals surface area contributed by atoms with Gasteiger partial charge in [0.25, 0.3) is 5.91 Å². The van der Waals surface area contributed by atoms with E-state index >= 15 is 0 Å². The summed E-state index contributed by atoms with van der Waals surface area (Å²) in [4.78, 5) is 15.9. The van der Waals surface area contributed by atoms with Gasteiger partial charge in [-0.25, -0.2) is 0 Å². The van der Waals surface area contributed by atoms with Crippen LogP contribution in [0.3, 0.4) is 0 Å². The summed E-state index contributed by atoms with van der Waals surface area (Å²) in [5, 5.41) is 0.721. The summed E-state index contributed by atoms with van der Waals surface area (Å²) in [5.74, 6) is -0.134. The van der Waals surface area contributed by atoms with Crippen LogP contribution in [0.25, 0.3) is 0 Å². The van der Waals surface area contributed by atoms with Gasteiger partial charge in [-0.2, -0.15) is 8.78 Å². The van der Waals surface area contributed by atoms with Crippen LogP contribution in [0.2, 0.25) is 5.02 Å². The van der Waals surface area contributed by atoms with Gasteiger partial charge in [0.2, 0.25) is 0 Å². The van der Waals surface area contributed by atoms with E-state index in [1.165, 1.54) is 35.8 Å². The summed E-state index contributed by atoms with van der Waals surface area (Å²) in [7, 11) is 1.35. The number of rotatable bonds is 6. The Morgan fingerprint density at radius 1 is 1.18 bits per heavy atom. The Labute approximate surface area is 167 Å². The Bertz CT molecular complexity index is 827. The number of quaternary nitrogens is 1. The molecule has 0 spiro atoms. The second-order valence-electron chi connectivity index (χ2n) is 6.59. The molecule has 2 aromatic rings. The van der Waals surface area contributed by atoms with E-state index in [4.69, 9.17) is 16.3 Å². The molecule has 0 atom stereocenters. The van der Waals surface area contributed by atoms with Gasteiger partial charge < -0.3 is 19.3 Å². The number of carbonyl (C=O) groups is 1. The van der Waals surface area contributed by atoms with Crippen LogP contribution >= 0.6 is 11.6 Å². The lowest BCUT2D eigenvalue weighted by molar-refractivity contribution is -0.917. The molecule has 3 rings (SSSR count). The predicted octanol–water partition coefficient (Wildman–Crippen LogP) is 2.49. The van der Waals surface area contributed by atoms with E-state index in [0.29, 0.717) is 18.7 Å². The van der Waals surface area contributed by atoms with E-state index in [1.54, 1.807) is 4.90 Å². The first-order valence-electron chi connectivity index (χ1n) is 8.96. The number of hydrogen-bond donors (Lipinski definition) is 1. The van der Waals surface area contributed by atoms with E-state index in [1.807, 2.05) is 24.3 Å². The average Bonchev–Trinajstić information content (AvgIpc) is 2.68. The number of benzene rings is 2. The van der Waals surface area contributed by atoms with Crippen molar-refractivity contribution in [2.24, 2.45) is 0 Å². The molecule has 0 aliphatic carbocycles. The Balaban J connectivity index is 1.60. The minimum Gasteiger partial charge on any atom is -0.493 e. The van der Waals surface area contributed by atoms with Crippen molar-refractivity contribution in [1.82, 2.24) is 4.90 Å². The number of amides is 1. The molecule has 8 heteroatoms. The Morgan fingerprint density at radius 3 is 2.57 bits per heavy atom. The number of nitrogens with one attached hydrogen (secondary N) is 1. The summed E-state index contributed by atoms with van der Waals surface area (Å²) in [6.07, 6.45) is 0. The van der Waals surface area contributed by atoms with E-state index in [-0.39, 0.29) is 17.4 Å². The van der Waals surface area contributed by atoms with Crippen LogP contribution in [-0.4, -0.2) is 50.7 Å². The van der Waals surface area contributed by atoms with Crippen LogP contribution < -0.4 is 14.4 Å². The van der Waals surface area contributed by atoms with Crippen LogP contribution in [-0.2, 0) is 6.54 Å². The number of nitrogens with zero attached hydrogens (tertiary/aromatic N) is 1. The van der Waals surface area contributed by atoms with E-state index in [2.05, 4.69) is 4.74 Å². The lowest BCUT2D eigenvalue weighted by Gasteiger charge is -2.32. The van der Waals surface area contributed by atoms with Crippen molar-refractivity contribution in [3.63, 3.8) is 0 Å². The lowest BCUT2D eigenvalue weighted by Crippen LogP contribution is -3.13. The number of methoxy groups -OCH3 is 1. The average molecular weight is 412 g/mol. The van der Waals surface area contributed by atoms with Crippen molar-refractivity contribution >= 4 is 17.5 Å². The number of carbonyl (C=O) groups excluding carboxylic acids is 1. The molecule has 1 amide bonds. The first kappa shape index (κ1) is 20.4. The molecule has 28 heavy (non-hydrogen) atoms. The van der Waals surface area contributed by atoms with Crippen molar-refractivity contribution < 1.29 is 27.9 Å². The largest absolute Gasteiger partial charge is 0.493 e. The topological polar surface area (TPSA) is 43.2 Å². The van der Waals surface area contributed by atoms with Gasteiger partial charge in [0.05, 0.1) is 33.3 Å². The van der Waals surface area contributed by atoms with Gasteiger partial charge >= 0.3 is 6.61 Å². The monoisotopic (exact) mass is 411 g/mol. The van der Waals surface area contributed by atoms with Gasteiger partial charge in [-0.15, -0.1) is 0 Å². The van der Waals surface area contributed by atoms with Crippen molar-refractivity contribution in [2.75, 3.05) is 33.3 Å². The van der Waals surface area contributed by atoms with Crippen LogP contribution in [0.15, 0.2) is 42.5 Å². The standard InChI is InChI=1S/C20H21ClF2N2O3/c1-27-18-12-15(5-6-17(18)28-20(22)23)19(26)25-9-7-24(8-10-25)13-14-3-2-4-16(21)11-14/h2-6,11-12,20H,7-10,13H2,1H3/p+1. The molecule has 0 unspecified atom stereocenters. The number of hydrogen-bond acceptors (Lipinski definition) is 3. The van der Waals surface area contributed by atoms with Crippen molar-refractivity contribution in [3.05, 3.63) is 58.6 Å². The first-order chi connectivity index (χ1) is 13.5. The maximum absolute atomic E-state index is 12.8. The molecule has 1 fully saturated rings. The summed E-state index contributed by atoms with van der Waals surface area (Å²) in [6.45, 7) is 0.782. The third kappa shape index (κ3) is 5.11. The van der Waals surface area contributed by atoms with Crippen LogP contribution in [0.4, 0.5) is 8.78 Å². The molecule has 0 saturated carbocycles. The van der Waals surface area contributed by atoms with E-state index in [9.17, 15) is 13.6 Å². The molecule has 1 heterocycles. The lowest BCUT2D eigenvalue weighted by atomic mass is 10.1. The van der Waals surface area contributed by atoms with Gasteiger partial charge in [0.15, 0.2) is 11.5 Å². The van der Waals surface area contributed by atoms with Gasteiger partial charge in [0.1, 0.15) is 6.54 Å². The highest BCUT2D eigenvalue weighted by molar-refractivity contribution is 6.30. The summed E-state index contributed by atoms with van der Waals surface area (Å²) in [6, 6.07) is 12.0. The minimum atomic E-state index is -2.95. The highest BCUT2D eigenvalue weighted by atomic mass is 35.5. The smallest absolute Gasteiger partial charge is 0.387 e. The number of ether oxygens (including phenoxy) is 2. The molecule has 1 saturated heterocycles. The van der Waals surface area contributed by atoms with Crippen LogP contribution in [0.5, 0.6) is 11.5 Å². The molecule has 1 N–H and O–H groups in total. The quantitative estimate of drug-likeness (QED) is 0.794. The summed E-state index contributed by atoms with van der Waals surface area (Å²) in [5.41, 5.74) is 1.55. The summed E-state index contributed by atoms with van der Waals surface area (Å²) < 4.78 is 34.4. The van der Waals surface area contributed by atoms with Gasteiger partial charge in [-0.05, 0) is 30.3 Å². The molecular formula is C20H22ClF2N2O3+. The maximum atomic E-state index is 12.8. The zero-order valence-electron chi connectivity index (χ0n) is 15.5. The highest BCUT2D eigenvalue weighted by Crippen LogP contribution is 2.29. The normalized spacial score (nSPS) is 15.0. The van der Waals surface area contributed by atoms with Gasteiger partial charge in [-0.1, -0.05) is 23.7 Å². The van der Waals surface area contributed by atoms with Crippen LogP contribution in [0.1, 0.15) is 15.9 Å². The zero-order chi connectivity index (χ0) is 20.1. The Kier molecular flexibility index (Phi) is 6.70. The third-order valence-corrected chi connectivity index (χ3v) is 4.96. The fourth-order valence-electron chi connectivity index (χ4n) is 3.31. The SMILES string of the molecule is COc1cc(C(=O)N2CC[NH+](Cc3cccc(Cl)c3)CC2)ccc1OC(F)F. The predicted molar refractivity (Wildman–Crippen MR) is 101 cm³/mol. The number of halogens is 3. The number of alkyl halides is 2. The highest BCUT2D eigenvalue weighted by Gasteiger charge is 2.25. The second kappa shape index (κ2) is 9.21. The fraction of sp³-hybridized carbons (Fsp3) is 0.350. The first-order valence-corrected chi connectivity index (χ1v) is 9.34. The Hall–Kier alpha value is -2.38. The molecule has 5 nitrogen and oxygen atoms in total. The zero-order valence-corrected chi connectivity index (χ0v) is 16.2. The molecule has 0 bridgehead atoms. The second-order valence-corrected chi connectivity index (χ2v) is 7.03. The number of piperazine rings is 1. The molecule has 2 aromatic carbocycles. The van der Waals surface area contributed by atoms with E-state index in [0.717, 1.165) is 24.7 Å². The van der Waals surface area contributed by atoms with Gasteiger partial charge in [-0.3, -0.25) is 4.79 Å². The molecule has 150 valence electrons. The minimum absolute atomic E-state index is 0.0927. The fourth-order valence-corrected chi connectivity index (χ4v) is 3.53. The maximum Gasteiger partial charge on any atom is 0.387 e. The summed E-state index contributed by atoms with van der Waals surface area (Å²) >= 11 is 6.04. The molecule has 0 radical (unpaired) electrons. The van der Waals surface area contributed by atoms with E-state index < -0.39 is 6.61 Å². The van der Waals surface area contributed by atoms with Crippen molar-refractivity contribution in [3.8, 4) is 11.5 Å². The third-order valence-electron chi connectivity index (χ3n) is 4.73. The Morgan fingerprint density at radius 2 is 1.93 bits per heavy atom. The molecule has 0 aromatic heterocycles. The van der Waals surface area contributed by atoms with Gasteiger partial charge in [0, 0.05) is 16.1 Å². The van der Waals surface area contributed by atoms with Crippen LogP contribution in [0, 0.1) is 0 Å². The van der Waals surface area contributed by atoms with Crippen molar-refractivity contribution in [1.29, 1.82) is 0 Å². The van der Waals surface area contributed by atoms with Crippen molar-refractivity contribution in [2.45, 2.75) is 13.2 Å². The molecule has 1 aliphatic rings.